The second-order valence-corrected chi connectivity index (χ2v) is 10.3. The standard InChI is InChI=1S/C35H34N2O2/c1-3-38-34-21-26(15-20-33(34)39-23-25-13-11-24(2)12-14-25)22-36-28-18-16-27(17-19-28)35-31-9-6-8-29(31)30-7-4-5-10-32(30)37-35/h4-8,10-22,29,31,35,37H,3,9,23H2,1-2H3/t29-,31-,35+/m1/s1. The van der Waals surface area contributed by atoms with Crippen LogP contribution in [0.1, 0.15) is 53.1 Å². The SMILES string of the molecule is CCOc1cc(C=Nc2ccc([C@@H]3Nc4ccccc4[C@H]4C=CC[C@H]43)cc2)ccc1OCc1ccc(C)cc1. The van der Waals surface area contributed by atoms with Crippen molar-refractivity contribution in [1.29, 1.82) is 0 Å². The number of nitrogens with zero attached hydrogens (tertiary/aromatic N) is 1. The maximum atomic E-state index is 6.08. The molecule has 1 aliphatic carbocycles. The lowest BCUT2D eigenvalue weighted by molar-refractivity contribution is 0.269. The summed E-state index contributed by atoms with van der Waals surface area (Å²) in [6.45, 7) is 5.14. The Morgan fingerprint density at radius 1 is 0.897 bits per heavy atom. The van der Waals surface area contributed by atoms with Crippen LogP contribution in [0.2, 0.25) is 0 Å². The maximum Gasteiger partial charge on any atom is 0.161 e. The predicted molar refractivity (Wildman–Crippen MR) is 160 cm³/mol. The fraction of sp³-hybridized carbons (Fsp3) is 0.229. The van der Waals surface area contributed by atoms with Gasteiger partial charge in [0, 0.05) is 17.8 Å². The van der Waals surface area contributed by atoms with E-state index in [4.69, 9.17) is 14.5 Å². The molecule has 196 valence electrons. The van der Waals surface area contributed by atoms with Crippen LogP contribution in [-0.2, 0) is 6.61 Å². The van der Waals surface area contributed by atoms with Crippen LogP contribution < -0.4 is 14.8 Å². The quantitative estimate of drug-likeness (QED) is 0.189. The number of fused-ring (bicyclic) bond motifs is 3. The Hall–Kier alpha value is -4.31. The fourth-order valence-electron chi connectivity index (χ4n) is 5.63. The summed E-state index contributed by atoms with van der Waals surface area (Å²) in [6, 6.07) is 32.0. The molecule has 0 saturated heterocycles. The van der Waals surface area contributed by atoms with E-state index in [1.165, 1.54) is 22.4 Å². The summed E-state index contributed by atoms with van der Waals surface area (Å²) >= 11 is 0. The Morgan fingerprint density at radius 2 is 1.72 bits per heavy atom. The van der Waals surface area contributed by atoms with E-state index in [9.17, 15) is 0 Å². The Morgan fingerprint density at radius 3 is 2.54 bits per heavy atom. The zero-order valence-corrected chi connectivity index (χ0v) is 22.5. The van der Waals surface area contributed by atoms with Gasteiger partial charge >= 0.3 is 0 Å². The number of aryl methyl sites for hydroxylation is 1. The van der Waals surface area contributed by atoms with Gasteiger partial charge in [-0.05, 0) is 84.8 Å². The first kappa shape index (κ1) is 25.0. The van der Waals surface area contributed by atoms with Gasteiger partial charge in [-0.15, -0.1) is 0 Å². The zero-order chi connectivity index (χ0) is 26.6. The smallest absolute Gasteiger partial charge is 0.161 e. The summed E-state index contributed by atoms with van der Waals surface area (Å²) in [5.41, 5.74) is 8.22. The maximum absolute atomic E-state index is 6.08. The average molecular weight is 515 g/mol. The van der Waals surface area contributed by atoms with Crippen molar-refractivity contribution in [3.05, 3.63) is 131 Å². The highest BCUT2D eigenvalue weighted by Gasteiger charge is 2.37. The molecule has 3 atom stereocenters. The normalized spacial score (nSPS) is 19.4. The minimum absolute atomic E-state index is 0.291. The molecule has 0 unspecified atom stereocenters. The molecule has 1 aliphatic heterocycles. The predicted octanol–water partition coefficient (Wildman–Crippen LogP) is 8.55. The van der Waals surface area contributed by atoms with Gasteiger partial charge in [-0.25, -0.2) is 0 Å². The van der Waals surface area contributed by atoms with E-state index >= 15 is 0 Å². The molecule has 0 aromatic heterocycles. The minimum Gasteiger partial charge on any atom is -0.490 e. The van der Waals surface area contributed by atoms with E-state index in [0.29, 0.717) is 31.1 Å². The number of hydrogen-bond acceptors (Lipinski definition) is 4. The van der Waals surface area contributed by atoms with Gasteiger partial charge in [-0.2, -0.15) is 0 Å². The van der Waals surface area contributed by atoms with Gasteiger partial charge in [0.15, 0.2) is 11.5 Å². The van der Waals surface area contributed by atoms with Crippen molar-refractivity contribution < 1.29 is 9.47 Å². The summed E-state index contributed by atoms with van der Waals surface area (Å²) in [7, 11) is 0. The summed E-state index contributed by atoms with van der Waals surface area (Å²) in [4.78, 5) is 4.74. The molecule has 1 heterocycles. The molecule has 0 bridgehead atoms. The number of hydrogen-bond donors (Lipinski definition) is 1. The molecule has 0 amide bonds. The molecule has 4 heteroatoms. The van der Waals surface area contributed by atoms with Crippen LogP contribution in [-0.4, -0.2) is 12.8 Å². The van der Waals surface area contributed by atoms with E-state index in [1.807, 2.05) is 31.3 Å². The van der Waals surface area contributed by atoms with Gasteiger partial charge in [0.25, 0.3) is 0 Å². The van der Waals surface area contributed by atoms with Crippen LogP contribution >= 0.6 is 0 Å². The van der Waals surface area contributed by atoms with Crippen molar-refractivity contribution in [3.8, 4) is 11.5 Å². The van der Waals surface area contributed by atoms with E-state index < -0.39 is 0 Å². The van der Waals surface area contributed by atoms with Gasteiger partial charge in [0.2, 0.25) is 0 Å². The van der Waals surface area contributed by atoms with Gasteiger partial charge in [0.05, 0.1) is 18.3 Å². The molecule has 0 spiro atoms. The average Bonchev–Trinajstić information content (AvgIpc) is 3.47. The van der Waals surface area contributed by atoms with Crippen LogP contribution in [0.5, 0.6) is 11.5 Å². The molecule has 6 rings (SSSR count). The number of rotatable bonds is 8. The van der Waals surface area contributed by atoms with Gasteiger partial charge in [0.1, 0.15) is 6.61 Å². The molecule has 4 nitrogen and oxygen atoms in total. The summed E-state index contributed by atoms with van der Waals surface area (Å²) in [5, 5.41) is 3.80. The molecule has 1 N–H and O–H groups in total. The highest BCUT2D eigenvalue weighted by atomic mass is 16.5. The van der Waals surface area contributed by atoms with Crippen molar-refractivity contribution in [2.24, 2.45) is 10.9 Å². The molecule has 4 aromatic rings. The van der Waals surface area contributed by atoms with Crippen molar-refractivity contribution in [1.82, 2.24) is 0 Å². The van der Waals surface area contributed by atoms with Gasteiger partial charge < -0.3 is 14.8 Å². The van der Waals surface area contributed by atoms with E-state index in [-0.39, 0.29) is 0 Å². The monoisotopic (exact) mass is 514 g/mol. The fourth-order valence-corrected chi connectivity index (χ4v) is 5.63. The van der Waals surface area contributed by atoms with Crippen LogP contribution in [0.3, 0.4) is 0 Å². The Bertz CT molecular complexity index is 1490. The third kappa shape index (κ3) is 5.46. The Kier molecular flexibility index (Phi) is 7.18. The number of anilines is 1. The summed E-state index contributed by atoms with van der Waals surface area (Å²) < 4.78 is 12.0. The minimum atomic E-state index is 0.291. The van der Waals surface area contributed by atoms with Gasteiger partial charge in [-0.1, -0.05) is 72.3 Å². The zero-order valence-electron chi connectivity index (χ0n) is 22.5. The van der Waals surface area contributed by atoms with E-state index in [1.54, 1.807) is 0 Å². The second-order valence-electron chi connectivity index (χ2n) is 10.3. The topological polar surface area (TPSA) is 42.8 Å². The first-order valence-corrected chi connectivity index (χ1v) is 13.8. The van der Waals surface area contributed by atoms with Crippen LogP contribution in [0.15, 0.2) is 108 Å². The summed E-state index contributed by atoms with van der Waals surface area (Å²) in [5.74, 6) is 2.49. The number of para-hydroxylation sites is 1. The lowest BCUT2D eigenvalue weighted by atomic mass is 9.77. The lowest BCUT2D eigenvalue weighted by Crippen LogP contribution is -2.28. The molecular formula is C35H34N2O2. The van der Waals surface area contributed by atoms with Crippen molar-refractivity contribution in [3.63, 3.8) is 0 Å². The summed E-state index contributed by atoms with van der Waals surface area (Å²) in [6.07, 6.45) is 7.70. The van der Waals surface area contributed by atoms with Crippen molar-refractivity contribution in [2.75, 3.05) is 11.9 Å². The van der Waals surface area contributed by atoms with E-state index in [2.05, 4.69) is 97.2 Å². The molecule has 0 fully saturated rings. The number of benzene rings is 4. The number of ether oxygens (including phenoxy) is 2. The van der Waals surface area contributed by atoms with Crippen molar-refractivity contribution in [2.45, 2.75) is 38.8 Å². The van der Waals surface area contributed by atoms with Crippen LogP contribution in [0.4, 0.5) is 11.4 Å². The first-order chi connectivity index (χ1) is 19.2. The third-order valence-corrected chi connectivity index (χ3v) is 7.67. The largest absolute Gasteiger partial charge is 0.490 e. The highest BCUT2D eigenvalue weighted by Crippen LogP contribution is 2.49. The van der Waals surface area contributed by atoms with E-state index in [0.717, 1.165) is 34.7 Å². The number of nitrogens with one attached hydrogen (secondary N) is 1. The molecule has 0 saturated carbocycles. The number of allylic oxidation sites excluding steroid dienone is 2. The van der Waals surface area contributed by atoms with Crippen LogP contribution in [0, 0.1) is 12.8 Å². The Labute approximate surface area is 231 Å². The molecular weight excluding hydrogens is 480 g/mol. The lowest BCUT2D eigenvalue weighted by Gasteiger charge is -2.37. The Balaban J connectivity index is 1.15. The van der Waals surface area contributed by atoms with Crippen LogP contribution in [0.25, 0.3) is 0 Å². The third-order valence-electron chi connectivity index (χ3n) is 7.67. The molecule has 0 radical (unpaired) electrons. The van der Waals surface area contributed by atoms with Crippen molar-refractivity contribution >= 4 is 17.6 Å². The second kappa shape index (κ2) is 11.2. The molecule has 2 aliphatic rings. The van der Waals surface area contributed by atoms with Gasteiger partial charge in [-0.3, -0.25) is 4.99 Å². The number of aliphatic imine (C=N–C) groups is 1. The molecule has 39 heavy (non-hydrogen) atoms. The highest BCUT2D eigenvalue weighted by molar-refractivity contribution is 5.83. The first-order valence-electron chi connectivity index (χ1n) is 13.8. The molecule has 4 aromatic carbocycles.